The number of amides is 1. The Kier molecular flexibility index (Phi) is 5.00. The molecule has 1 fully saturated rings. The van der Waals surface area contributed by atoms with Crippen molar-refractivity contribution in [3.63, 3.8) is 0 Å². The fourth-order valence-corrected chi connectivity index (χ4v) is 3.50. The van der Waals surface area contributed by atoms with E-state index in [9.17, 15) is 9.90 Å². The number of ether oxygens (including phenoxy) is 1. The molecule has 1 amide bonds. The van der Waals surface area contributed by atoms with Crippen LogP contribution in [-0.4, -0.2) is 29.3 Å². The Labute approximate surface area is 170 Å². The highest BCUT2D eigenvalue weighted by atomic mass is 79.9. The van der Waals surface area contributed by atoms with Crippen molar-refractivity contribution in [3.05, 3.63) is 63.8 Å². The number of phenolic OH excluding ortho intramolecular Hbond substituents is 1. The molecular formula is C21H18BrN3O3. The van der Waals surface area contributed by atoms with Crippen LogP contribution in [0.2, 0.25) is 0 Å². The number of fused-ring (bicyclic) bond motifs is 1. The zero-order valence-electron chi connectivity index (χ0n) is 15.1. The fraction of sp³-hybridized carbons (Fsp3) is 0.190. The molecule has 3 aromatic rings. The van der Waals surface area contributed by atoms with Crippen molar-refractivity contribution in [2.75, 3.05) is 7.11 Å². The Morgan fingerprint density at radius 3 is 2.86 bits per heavy atom. The maximum atomic E-state index is 12.8. The Hall–Kier alpha value is -2.93. The number of benzene rings is 2. The fourth-order valence-electron chi connectivity index (χ4n) is 3.04. The Morgan fingerprint density at radius 2 is 2.11 bits per heavy atom. The van der Waals surface area contributed by atoms with Gasteiger partial charge in [-0.25, -0.2) is 5.43 Å². The van der Waals surface area contributed by atoms with Crippen molar-refractivity contribution in [1.82, 2.24) is 10.4 Å². The van der Waals surface area contributed by atoms with Crippen molar-refractivity contribution < 1.29 is 14.6 Å². The van der Waals surface area contributed by atoms with E-state index in [-0.39, 0.29) is 11.7 Å². The van der Waals surface area contributed by atoms with Gasteiger partial charge in [-0.15, -0.1) is 0 Å². The van der Waals surface area contributed by atoms with Crippen molar-refractivity contribution in [1.29, 1.82) is 0 Å². The number of aromatic nitrogens is 1. The smallest absolute Gasteiger partial charge is 0.272 e. The van der Waals surface area contributed by atoms with Gasteiger partial charge in [0, 0.05) is 27.0 Å². The second-order valence-corrected chi connectivity index (χ2v) is 7.55. The Bertz CT molecular complexity index is 1090. The molecule has 1 saturated carbocycles. The van der Waals surface area contributed by atoms with E-state index < -0.39 is 0 Å². The molecule has 6 nitrogen and oxygen atoms in total. The van der Waals surface area contributed by atoms with Crippen LogP contribution in [0, 0.1) is 0 Å². The molecule has 4 rings (SSSR count). The summed E-state index contributed by atoms with van der Waals surface area (Å²) < 4.78 is 5.84. The minimum Gasteiger partial charge on any atom is -0.504 e. The van der Waals surface area contributed by atoms with E-state index in [0.717, 1.165) is 33.9 Å². The molecule has 2 aromatic carbocycles. The number of hydrogen-bond donors (Lipinski definition) is 2. The van der Waals surface area contributed by atoms with E-state index in [0.29, 0.717) is 22.8 Å². The van der Waals surface area contributed by atoms with Crippen LogP contribution in [0.3, 0.4) is 0 Å². The topological polar surface area (TPSA) is 83.8 Å². The van der Waals surface area contributed by atoms with Gasteiger partial charge in [-0.05, 0) is 37.1 Å². The predicted octanol–water partition coefficient (Wildman–Crippen LogP) is 4.35. The first-order valence-corrected chi connectivity index (χ1v) is 9.65. The zero-order chi connectivity index (χ0) is 19.7. The summed E-state index contributed by atoms with van der Waals surface area (Å²) in [6.45, 7) is 0. The maximum absolute atomic E-state index is 12.8. The molecule has 0 aliphatic heterocycles. The van der Waals surface area contributed by atoms with Gasteiger partial charge in [0.15, 0.2) is 11.5 Å². The highest BCUT2D eigenvalue weighted by molar-refractivity contribution is 9.10. The van der Waals surface area contributed by atoms with Gasteiger partial charge in [-0.1, -0.05) is 34.1 Å². The van der Waals surface area contributed by atoms with Crippen LogP contribution in [0.1, 0.15) is 40.4 Å². The Balaban J connectivity index is 1.61. The summed E-state index contributed by atoms with van der Waals surface area (Å²) in [7, 11) is 1.47. The number of nitrogens with one attached hydrogen (secondary N) is 1. The van der Waals surface area contributed by atoms with Crippen LogP contribution in [0.15, 0.2) is 52.0 Å². The molecule has 0 bridgehead atoms. The first kappa shape index (κ1) is 18.4. The first-order valence-electron chi connectivity index (χ1n) is 8.86. The number of nitrogens with zero attached hydrogens (tertiary/aromatic N) is 2. The SMILES string of the molecule is COc1cc(Br)cc(C=NNC(=O)c2cc(C3CC3)nc3ccccc23)c1O. The van der Waals surface area contributed by atoms with Gasteiger partial charge < -0.3 is 9.84 Å². The molecule has 1 aromatic heterocycles. The largest absolute Gasteiger partial charge is 0.504 e. The second kappa shape index (κ2) is 7.59. The average Bonchev–Trinajstić information content (AvgIpc) is 3.54. The van der Waals surface area contributed by atoms with Crippen LogP contribution < -0.4 is 10.2 Å². The number of phenols is 1. The highest BCUT2D eigenvalue weighted by Crippen LogP contribution is 2.40. The van der Waals surface area contributed by atoms with E-state index in [4.69, 9.17) is 4.74 Å². The number of carbonyl (C=O) groups is 1. The quantitative estimate of drug-likeness (QED) is 0.457. The lowest BCUT2D eigenvalue weighted by molar-refractivity contribution is 0.0956. The molecule has 0 spiro atoms. The number of methoxy groups -OCH3 is 1. The van der Waals surface area contributed by atoms with Gasteiger partial charge in [-0.3, -0.25) is 9.78 Å². The molecular weight excluding hydrogens is 422 g/mol. The molecule has 2 N–H and O–H groups in total. The number of pyridine rings is 1. The van der Waals surface area contributed by atoms with Gasteiger partial charge in [-0.2, -0.15) is 5.10 Å². The number of halogens is 1. The van der Waals surface area contributed by atoms with Crippen LogP contribution >= 0.6 is 15.9 Å². The van der Waals surface area contributed by atoms with Crippen molar-refractivity contribution >= 4 is 39.0 Å². The standard InChI is InChI=1S/C21H18BrN3O3/c1-28-19-9-14(22)8-13(20(19)26)11-23-25-21(27)16-10-18(12-6-7-12)24-17-5-3-2-4-15(16)17/h2-5,8-12,26H,6-7H2,1H3,(H,25,27). The summed E-state index contributed by atoms with van der Waals surface area (Å²) in [6.07, 6.45) is 3.59. The van der Waals surface area contributed by atoms with E-state index in [1.807, 2.05) is 30.3 Å². The van der Waals surface area contributed by atoms with E-state index in [2.05, 4.69) is 31.4 Å². The molecule has 0 radical (unpaired) electrons. The summed E-state index contributed by atoms with van der Waals surface area (Å²) >= 11 is 3.35. The molecule has 28 heavy (non-hydrogen) atoms. The van der Waals surface area contributed by atoms with Crippen molar-refractivity contribution in [3.8, 4) is 11.5 Å². The van der Waals surface area contributed by atoms with Gasteiger partial charge >= 0.3 is 0 Å². The van der Waals surface area contributed by atoms with Gasteiger partial charge in [0.05, 0.1) is 24.4 Å². The van der Waals surface area contributed by atoms with Gasteiger partial charge in [0.25, 0.3) is 5.91 Å². The molecule has 1 aliphatic rings. The highest BCUT2D eigenvalue weighted by Gasteiger charge is 2.26. The summed E-state index contributed by atoms with van der Waals surface area (Å²) in [5.74, 6) is 0.384. The Morgan fingerprint density at radius 1 is 1.32 bits per heavy atom. The number of carbonyl (C=O) groups excluding carboxylic acids is 1. The number of hydrogen-bond acceptors (Lipinski definition) is 5. The summed E-state index contributed by atoms with van der Waals surface area (Å²) in [4.78, 5) is 17.4. The molecule has 0 atom stereocenters. The molecule has 7 heteroatoms. The van der Waals surface area contributed by atoms with E-state index in [1.165, 1.54) is 13.3 Å². The van der Waals surface area contributed by atoms with Gasteiger partial charge in [0.2, 0.25) is 0 Å². The average molecular weight is 440 g/mol. The van der Waals surface area contributed by atoms with Crippen molar-refractivity contribution in [2.24, 2.45) is 5.10 Å². The van der Waals surface area contributed by atoms with Crippen LogP contribution in [-0.2, 0) is 0 Å². The first-order chi connectivity index (χ1) is 13.6. The normalized spacial score (nSPS) is 13.8. The van der Waals surface area contributed by atoms with E-state index >= 15 is 0 Å². The third-order valence-corrected chi connectivity index (χ3v) is 5.09. The molecule has 0 unspecified atom stereocenters. The summed E-state index contributed by atoms with van der Waals surface area (Å²) in [5.41, 5.74) is 5.26. The second-order valence-electron chi connectivity index (χ2n) is 6.63. The maximum Gasteiger partial charge on any atom is 0.272 e. The number of hydrazone groups is 1. The third-order valence-electron chi connectivity index (χ3n) is 4.64. The predicted molar refractivity (Wildman–Crippen MR) is 111 cm³/mol. The summed E-state index contributed by atoms with van der Waals surface area (Å²) in [6, 6.07) is 12.8. The summed E-state index contributed by atoms with van der Waals surface area (Å²) in [5, 5.41) is 15.0. The molecule has 0 saturated heterocycles. The molecule has 1 aliphatic carbocycles. The van der Waals surface area contributed by atoms with Gasteiger partial charge in [0.1, 0.15) is 0 Å². The third kappa shape index (κ3) is 3.71. The number of para-hydroxylation sites is 1. The van der Waals surface area contributed by atoms with Crippen LogP contribution in [0.4, 0.5) is 0 Å². The van der Waals surface area contributed by atoms with Crippen LogP contribution in [0.5, 0.6) is 11.5 Å². The zero-order valence-corrected chi connectivity index (χ0v) is 16.7. The van der Waals surface area contributed by atoms with E-state index in [1.54, 1.807) is 12.1 Å². The minimum absolute atomic E-state index is 0.0471. The monoisotopic (exact) mass is 439 g/mol. The lowest BCUT2D eigenvalue weighted by Gasteiger charge is -2.09. The van der Waals surface area contributed by atoms with Crippen LogP contribution in [0.25, 0.3) is 10.9 Å². The molecule has 1 heterocycles. The molecule has 142 valence electrons. The lowest BCUT2D eigenvalue weighted by atomic mass is 10.1. The minimum atomic E-state index is -0.321. The van der Waals surface area contributed by atoms with Crippen molar-refractivity contribution in [2.45, 2.75) is 18.8 Å². The number of rotatable bonds is 5. The lowest BCUT2D eigenvalue weighted by Crippen LogP contribution is -2.18. The number of aromatic hydroxyl groups is 1.